The molecule has 6 heteroatoms. The molecule has 0 bridgehead atoms. The second-order valence-electron chi connectivity index (χ2n) is 6.25. The molecule has 0 saturated heterocycles. The number of ether oxygens (including phenoxy) is 1. The number of hydrogen-bond acceptors (Lipinski definition) is 4. The fraction of sp³-hybridized carbons (Fsp3) is 0.600. The van der Waals surface area contributed by atoms with Crippen LogP contribution in [0.4, 0.5) is 0 Å². The van der Waals surface area contributed by atoms with Gasteiger partial charge in [0.25, 0.3) is 0 Å². The van der Waals surface area contributed by atoms with Gasteiger partial charge in [-0.15, -0.1) is 0 Å². The molecule has 0 atom stereocenters. The number of carbonyl (C=O) groups excluding carboxylic acids is 2. The average molecular weight is 313 g/mol. The van der Waals surface area contributed by atoms with Gasteiger partial charge in [-0.05, 0) is 24.2 Å². The van der Waals surface area contributed by atoms with E-state index in [4.69, 9.17) is 4.43 Å². The Bertz CT molecular complexity index is 433. The summed E-state index contributed by atoms with van der Waals surface area (Å²) in [4.78, 5) is 22.4. The van der Waals surface area contributed by atoms with E-state index in [0.717, 1.165) is 0 Å². The summed E-state index contributed by atoms with van der Waals surface area (Å²) in [6, 6.07) is 0. The van der Waals surface area contributed by atoms with Crippen molar-refractivity contribution in [3.63, 3.8) is 0 Å². The highest BCUT2D eigenvalue weighted by Gasteiger charge is 2.36. The zero-order valence-electron chi connectivity index (χ0n) is 14.1. The Kier molecular flexibility index (Phi) is 7.60. The lowest BCUT2D eigenvalue weighted by Gasteiger charge is -2.35. The van der Waals surface area contributed by atoms with E-state index >= 15 is 0 Å². The highest BCUT2D eigenvalue weighted by molar-refractivity contribution is 6.74. The minimum Gasteiger partial charge on any atom is -0.464 e. The molecule has 0 aliphatic heterocycles. The molecule has 0 aliphatic rings. The van der Waals surface area contributed by atoms with E-state index in [2.05, 4.69) is 43.9 Å². The molecule has 0 aliphatic carbocycles. The van der Waals surface area contributed by atoms with Crippen molar-refractivity contribution in [1.82, 2.24) is 5.32 Å². The summed E-state index contributed by atoms with van der Waals surface area (Å²) in [5, 5.41) is 2.58. The molecule has 0 spiro atoms. The first-order chi connectivity index (χ1) is 9.51. The van der Waals surface area contributed by atoms with Crippen LogP contribution in [-0.4, -0.2) is 33.9 Å². The van der Waals surface area contributed by atoms with E-state index in [1.807, 2.05) is 6.08 Å². The Morgan fingerprint density at radius 1 is 1.24 bits per heavy atom. The first-order valence-electron chi connectivity index (χ1n) is 6.88. The molecule has 120 valence electrons. The minimum absolute atomic E-state index is 0.105. The Balaban J connectivity index is 4.62. The van der Waals surface area contributed by atoms with Crippen LogP contribution in [0, 0.1) is 0 Å². The SMILES string of the molecule is COC(=O)/C(=C/C=C\CO[Si](C)(C)C(C)(C)C)NC(C)=O. The first-order valence-corrected chi connectivity index (χ1v) is 9.79. The monoisotopic (exact) mass is 313 g/mol. The van der Waals surface area contributed by atoms with Crippen LogP contribution >= 0.6 is 0 Å². The third-order valence-electron chi connectivity index (χ3n) is 3.46. The van der Waals surface area contributed by atoms with E-state index in [1.165, 1.54) is 20.1 Å². The number of allylic oxidation sites excluding steroid dienone is 2. The van der Waals surface area contributed by atoms with Gasteiger partial charge in [0.05, 0.1) is 13.7 Å². The molecule has 5 nitrogen and oxygen atoms in total. The summed E-state index contributed by atoms with van der Waals surface area (Å²) in [7, 11) is -0.504. The molecule has 0 aromatic carbocycles. The quantitative estimate of drug-likeness (QED) is 0.354. The van der Waals surface area contributed by atoms with Crippen molar-refractivity contribution in [2.24, 2.45) is 0 Å². The van der Waals surface area contributed by atoms with Gasteiger partial charge in [-0.25, -0.2) is 4.79 Å². The summed E-state index contributed by atoms with van der Waals surface area (Å²) in [5.74, 6) is -0.905. The Morgan fingerprint density at radius 3 is 2.24 bits per heavy atom. The zero-order chi connectivity index (χ0) is 16.7. The lowest BCUT2D eigenvalue weighted by Crippen LogP contribution is -2.40. The maximum Gasteiger partial charge on any atom is 0.354 e. The van der Waals surface area contributed by atoms with Crippen molar-refractivity contribution in [3.8, 4) is 0 Å². The van der Waals surface area contributed by atoms with Crippen LogP contribution < -0.4 is 5.32 Å². The van der Waals surface area contributed by atoms with Crippen molar-refractivity contribution in [2.75, 3.05) is 13.7 Å². The standard InChI is InChI=1S/C15H27NO4Si/c1-12(17)16-13(14(18)19-5)10-8-9-11-20-21(6,7)15(2,3)4/h8-10H,11H2,1-7H3,(H,16,17)/b9-8-,13-10-. The molecular formula is C15H27NO4Si. The molecule has 0 saturated carbocycles. The van der Waals surface area contributed by atoms with E-state index in [0.29, 0.717) is 6.61 Å². The average Bonchev–Trinajstić information content (AvgIpc) is 2.34. The summed E-state index contributed by atoms with van der Waals surface area (Å²) < 4.78 is 10.6. The highest BCUT2D eigenvalue weighted by atomic mass is 28.4. The Labute approximate surface area is 128 Å². The van der Waals surface area contributed by atoms with Crippen LogP contribution in [0.3, 0.4) is 0 Å². The molecule has 0 heterocycles. The number of amides is 1. The molecule has 21 heavy (non-hydrogen) atoms. The molecule has 1 amide bonds. The molecule has 0 rings (SSSR count). The van der Waals surface area contributed by atoms with Gasteiger partial charge in [-0.2, -0.15) is 0 Å². The van der Waals surface area contributed by atoms with Crippen molar-refractivity contribution >= 4 is 20.2 Å². The smallest absolute Gasteiger partial charge is 0.354 e. The summed E-state index contributed by atoms with van der Waals surface area (Å²) in [6.07, 6.45) is 4.99. The normalized spacial score (nSPS) is 13.4. The predicted octanol–water partition coefficient (Wildman–Crippen LogP) is 2.76. The van der Waals surface area contributed by atoms with Crippen molar-refractivity contribution < 1.29 is 18.8 Å². The van der Waals surface area contributed by atoms with Crippen LogP contribution in [0.5, 0.6) is 0 Å². The third kappa shape index (κ3) is 7.24. The third-order valence-corrected chi connectivity index (χ3v) is 7.96. The van der Waals surface area contributed by atoms with Crippen molar-refractivity contribution in [2.45, 2.75) is 45.8 Å². The van der Waals surface area contributed by atoms with E-state index < -0.39 is 14.3 Å². The minimum atomic E-state index is -1.77. The van der Waals surface area contributed by atoms with Gasteiger partial charge in [0.15, 0.2) is 8.32 Å². The number of rotatable bonds is 6. The summed E-state index contributed by atoms with van der Waals surface area (Å²) in [6.45, 7) is 12.7. The van der Waals surface area contributed by atoms with Gasteiger partial charge in [-0.3, -0.25) is 4.79 Å². The van der Waals surface area contributed by atoms with Crippen LogP contribution in [0.2, 0.25) is 18.1 Å². The maximum atomic E-state index is 11.4. The predicted molar refractivity (Wildman–Crippen MR) is 86.2 cm³/mol. The lowest BCUT2D eigenvalue weighted by molar-refractivity contribution is -0.137. The second-order valence-corrected chi connectivity index (χ2v) is 11.1. The highest BCUT2D eigenvalue weighted by Crippen LogP contribution is 2.36. The molecule has 0 aromatic heterocycles. The number of hydrogen-bond donors (Lipinski definition) is 1. The van der Waals surface area contributed by atoms with Crippen molar-refractivity contribution in [3.05, 3.63) is 23.9 Å². The maximum absolute atomic E-state index is 11.4. The molecule has 0 aromatic rings. The molecule has 1 N–H and O–H groups in total. The lowest BCUT2D eigenvalue weighted by atomic mass is 10.2. The fourth-order valence-corrected chi connectivity index (χ4v) is 2.10. The topological polar surface area (TPSA) is 64.6 Å². The van der Waals surface area contributed by atoms with E-state index in [1.54, 1.807) is 6.08 Å². The largest absolute Gasteiger partial charge is 0.464 e. The summed E-state index contributed by atoms with van der Waals surface area (Å²) >= 11 is 0. The first kappa shape index (κ1) is 19.6. The Morgan fingerprint density at radius 2 is 1.81 bits per heavy atom. The van der Waals surface area contributed by atoms with Gasteiger partial charge in [-0.1, -0.05) is 32.9 Å². The molecule has 0 unspecified atom stereocenters. The van der Waals surface area contributed by atoms with Crippen LogP contribution in [-0.2, 0) is 18.8 Å². The van der Waals surface area contributed by atoms with Crippen LogP contribution in [0.1, 0.15) is 27.7 Å². The summed E-state index contributed by atoms with van der Waals surface area (Å²) in [5.41, 5.74) is 0.105. The van der Waals surface area contributed by atoms with Gasteiger partial charge in [0.2, 0.25) is 5.91 Å². The van der Waals surface area contributed by atoms with E-state index in [-0.39, 0.29) is 16.6 Å². The fourth-order valence-electron chi connectivity index (χ4n) is 1.15. The van der Waals surface area contributed by atoms with Gasteiger partial charge in [0.1, 0.15) is 5.70 Å². The van der Waals surface area contributed by atoms with Crippen LogP contribution in [0.15, 0.2) is 23.9 Å². The van der Waals surface area contributed by atoms with E-state index in [9.17, 15) is 9.59 Å². The van der Waals surface area contributed by atoms with Crippen LogP contribution in [0.25, 0.3) is 0 Å². The number of carbonyl (C=O) groups is 2. The Hall–Kier alpha value is -1.40. The molecule has 0 fully saturated rings. The van der Waals surface area contributed by atoms with Gasteiger partial charge in [0, 0.05) is 6.92 Å². The van der Waals surface area contributed by atoms with Gasteiger partial charge >= 0.3 is 5.97 Å². The number of methoxy groups -OCH3 is 1. The zero-order valence-corrected chi connectivity index (χ0v) is 15.1. The molecular weight excluding hydrogens is 286 g/mol. The number of nitrogens with one attached hydrogen (secondary N) is 1. The molecule has 0 radical (unpaired) electrons. The van der Waals surface area contributed by atoms with Gasteiger partial charge < -0.3 is 14.5 Å². The number of esters is 1. The van der Waals surface area contributed by atoms with Crippen molar-refractivity contribution in [1.29, 1.82) is 0 Å². The second kappa shape index (κ2) is 8.14.